The Hall–Kier alpha value is -2.98. The molecule has 0 spiro atoms. The molecule has 1 aromatic carbocycles. The van der Waals surface area contributed by atoms with E-state index < -0.39 is 60.0 Å². The first-order valence-electron chi connectivity index (χ1n) is 8.29. The van der Waals surface area contributed by atoms with Crippen LogP contribution in [-0.2, 0) is 10.3 Å². The number of nitrogens with zero attached hydrogens (tertiary/aromatic N) is 2. The molecule has 2 heterocycles. The molecule has 29 heavy (non-hydrogen) atoms. The highest BCUT2D eigenvalue weighted by molar-refractivity contribution is 5.73. The number of hydrogen-bond donors (Lipinski definition) is 1. The molecular formula is C18H15F6N3O2. The van der Waals surface area contributed by atoms with Gasteiger partial charge >= 0.3 is 6.18 Å². The largest absolute Gasteiger partial charge is 0.452 e. The lowest BCUT2D eigenvalue weighted by Gasteiger charge is -2.36. The average Bonchev–Trinajstić information content (AvgIpc) is 2.64. The van der Waals surface area contributed by atoms with E-state index in [0.29, 0.717) is 5.56 Å². The van der Waals surface area contributed by atoms with Crippen molar-refractivity contribution in [2.24, 2.45) is 10.7 Å². The summed E-state index contributed by atoms with van der Waals surface area (Å²) >= 11 is 0. The molecule has 0 fully saturated rings. The van der Waals surface area contributed by atoms with Crippen LogP contribution in [0.1, 0.15) is 17.5 Å². The molecule has 0 bridgehead atoms. The monoisotopic (exact) mass is 419 g/mol. The number of rotatable bonds is 4. The molecule has 5 nitrogen and oxygen atoms in total. The van der Waals surface area contributed by atoms with Crippen molar-refractivity contribution in [1.82, 2.24) is 4.98 Å². The van der Waals surface area contributed by atoms with Crippen molar-refractivity contribution >= 4 is 6.02 Å². The van der Waals surface area contributed by atoms with Gasteiger partial charge in [-0.15, -0.1) is 0 Å². The standard InChI is InChI=1S/C18H15F6N3O2/c1-9-4-13(21)15(26-7-9)28-10-2-3-12(20)11(5-10)17(8-19)6-14(18(22,23)24)29-16(25)27-17/h2-5,7,14H,6,8H2,1H3,(H2,25,27)/t14-,17+/m0/s1. The molecule has 2 N–H and O–H groups in total. The Bertz CT molecular complexity index is 950. The quantitative estimate of drug-likeness (QED) is 0.751. The van der Waals surface area contributed by atoms with Gasteiger partial charge in [0.25, 0.3) is 11.9 Å². The summed E-state index contributed by atoms with van der Waals surface area (Å²) < 4.78 is 91.4. The summed E-state index contributed by atoms with van der Waals surface area (Å²) in [6, 6.07) is 3.10. The maximum Gasteiger partial charge on any atom is 0.425 e. The van der Waals surface area contributed by atoms with E-state index in [1.165, 1.54) is 6.20 Å². The zero-order chi connectivity index (χ0) is 21.4. The summed E-state index contributed by atoms with van der Waals surface area (Å²) in [4.78, 5) is 7.37. The Morgan fingerprint density at radius 3 is 2.59 bits per heavy atom. The SMILES string of the molecule is Cc1cnc(Oc2ccc(F)c([C@]3(CF)C[C@@H](C(F)(F)F)OC(N)=N3)c2)c(F)c1. The smallest absolute Gasteiger partial charge is 0.425 e. The number of amidine groups is 1. The van der Waals surface area contributed by atoms with E-state index in [1.54, 1.807) is 6.92 Å². The molecule has 156 valence electrons. The second-order valence-corrected chi connectivity index (χ2v) is 6.51. The molecule has 0 saturated carbocycles. The van der Waals surface area contributed by atoms with E-state index in [2.05, 4.69) is 14.7 Å². The van der Waals surface area contributed by atoms with Crippen molar-refractivity contribution in [1.29, 1.82) is 0 Å². The molecular weight excluding hydrogens is 404 g/mol. The molecule has 3 rings (SSSR count). The predicted molar refractivity (Wildman–Crippen MR) is 90.2 cm³/mol. The van der Waals surface area contributed by atoms with Gasteiger partial charge in [0, 0.05) is 18.2 Å². The van der Waals surface area contributed by atoms with Crippen molar-refractivity contribution in [3.05, 3.63) is 53.2 Å². The maximum atomic E-state index is 14.5. The van der Waals surface area contributed by atoms with Gasteiger partial charge in [-0.2, -0.15) is 13.2 Å². The van der Waals surface area contributed by atoms with E-state index in [4.69, 9.17) is 10.5 Å². The number of benzene rings is 1. The van der Waals surface area contributed by atoms with Crippen LogP contribution in [0.2, 0.25) is 0 Å². The van der Waals surface area contributed by atoms with Crippen molar-refractivity contribution in [2.45, 2.75) is 31.2 Å². The van der Waals surface area contributed by atoms with Gasteiger partial charge in [0.05, 0.1) is 0 Å². The highest BCUT2D eigenvalue weighted by atomic mass is 19.4. The molecule has 2 atom stereocenters. The first-order valence-corrected chi connectivity index (χ1v) is 8.29. The summed E-state index contributed by atoms with van der Waals surface area (Å²) in [5.74, 6) is -2.45. The number of pyridine rings is 1. The molecule has 11 heteroatoms. The predicted octanol–water partition coefficient (Wildman–Crippen LogP) is 4.29. The van der Waals surface area contributed by atoms with Gasteiger partial charge < -0.3 is 15.2 Å². The Labute approximate surface area is 161 Å². The van der Waals surface area contributed by atoms with Gasteiger partial charge in [0.2, 0.25) is 0 Å². The number of aromatic nitrogens is 1. The van der Waals surface area contributed by atoms with Crippen LogP contribution >= 0.6 is 0 Å². The molecule has 0 amide bonds. The minimum atomic E-state index is -4.87. The summed E-state index contributed by atoms with van der Waals surface area (Å²) in [7, 11) is 0. The average molecular weight is 419 g/mol. The number of aliphatic imine (C=N–C) groups is 1. The fourth-order valence-electron chi connectivity index (χ4n) is 2.92. The highest BCUT2D eigenvalue weighted by Crippen LogP contribution is 2.42. The Morgan fingerprint density at radius 1 is 1.24 bits per heavy atom. The third-order valence-electron chi connectivity index (χ3n) is 4.29. The molecule has 0 aliphatic carbocycles. The van der Waals surface area contributed by atoms with E-state index in [0.717, 1.165) is 24.3 Å². The number of hydrogen-bond acceptors (Lipinski definition) is 5. The Morgan fingerprint density at radius 2 is 1.97 bits per heavy atom. The lowest BCUT2D eigenvalue weighted by molar-refractivity contribution is -0.209. The van der Waals surface area contributed by atoms with Crippen LogP contribution in [0.3, 0.4) is 0 Å². The van der Waals surface area contributed by atoms with Crippen LogP contribution in [0.25, 0.3) is 0 Å². The molecule has 0 saturated heterocycles. The number of alkyl halides is 4. The van der Waals surface area contributed by atoms with Crippen LogP contribution in [0, 0.1) is 18.6 Å². The fourth-order valence-corrected chi connectivity index (χ4v) is 2.92. The Kier molecular flexibility index (Phi) is 5.33. The lowest BCUT2D eigenvalue weighted by atomic mass is 9.84. The third kappa shape index (κ3) is 4.22. The van der Waals surface area contributed by atoms with Crippen molar-refractivity contribution in [3.8, 4) is 11.6 Å². The number of halogens is 6. The maximum absolute atomic E-state index is 14.5. The summed E-state index contributed by atoms with van der Waals surface area (Å²) in [6.45, 7) is 0.118. The van der Waals surface area contributed by atoms with E-state index in [-0.39, 0.29) is 5.75 Å². The van der Waals surface area contributed by atoms with Gasteiger partial charge in [0.1, 0.15) is 23.8 Å². The first-order chi connectivity index (χ1) is 13.5. The zero-order valence-electron chi connectivity index (χ0n) is 14.9. The first kappa shape index (κ1) is 20.7. The minimum Gasteiger partial charge on any atom is -0.452 e. The number of nitrogens with two attached hydrogens (primary N) is 1. The van der Waals surface area contributed by atoms with Crippen molar-refractivity contribution in [2.75, 3.05) is 6.67 Å². The van der Waals surface area contributed by atoms with Gasteiger partial charge in [-0.05, 0) is 36.8 Å². The van der Waals surface area contributed by atoms with Crippen LogP contribution in [0.4, 0.5) is 26.3 Å². The van der Waals surface area contributed by atoms with Crippen LogP contribution in [-0.4, -0.2) is 30.0 Å². The minimum absolute atomic E-state index is 0.173. The van der Waals surface area contributed by atoms with E-state index in [9.17, 15) is 26.3 Å². The fraction of sp³-hybridized carbons (Fsp3) is 0.333. The van der Waals surface area contributed by atoms with Gasteiger partial charge in [0.15, 0.2) is 11.9 Å². The molecule has 0 radical (unpaired) electrons. The topological polar surface area (TPSA) is 69.7 Å². The molecule has 2 aromatic rings. The second-order valence-electron chi connectivity index (χ2n) is 6.51. The van der Waals surface area contributed by atoms with Crippen LogP contribution in [0.15, 0.2) is 35.5 Å². The van der Waals surface area contributed by atoms with Crippen molar-refractivity contribution < 1.29 is 35.8 Å². The molecule has 1 aliphatic rings. The van der Waals surface area contributed by atoms with E-state index >= 15 is 0 Å². The molecule has 1 aliphatic heterocycles. The highest BCUT2D eigenvalue weighted by Gasteiger charge is 2.52. The summed E-state index contributed by atoms with van der Waals surface area (Å²) in [5.41, 5.74) is 3.01. The Balaban J connectivity index is 2.02. The van der Waals surface area contributed by atoms with Crippen LogP contribution in [0.5, 0.6) is 11.6 Å². The zero-order valence-corrected chi connectivity index (χ0v) is 14.9. The van der Waals surface area contributed by atoms with Crippen molar-refractivity contribution in [3.63, 3.8) is 0 Å². The molecule has 1 aromatic heterocycles. The summed E-state index contributed by atoms with van der Waals surface area (Å²) in [6.07, 6.45) is -7.06. The second kappa shape index (κ2) is 7.45. The van der Waals surface area contributed by atoms with Gasteiger partial charge in [-0.25, -0.2) is 23.1 Å². The third-order valence-corrected chi connectivity index (χ3v) is 4.29. The lowest BCUT2D eigenvalue weighted by Crippen LogP contribution is -2.48. The number of aryl methyl sites for hydroxylation is 1. The number of ether oxygens (including phenoxy) is 2. The van der Waals surface area contributed by atoms with Gasteiger partial charge in [-0.3, -0.25) is 0 Å². The van der Waals surface area contributed by atoms with E-state index in [1.807, 2.05) is 0 Å². The molecule has 0 unspecified atom stereocenters. The summed E-state index contributed by atoms with van der Waals surface area (Å²) in [5, 5.41) is 0. The van der Waals surface area contributed by atoms with Gasteiger partial charge in [-0.1, -0.05) is 0 Å². The van der Waals surface area contributed by atoms with Crippen LogP contribution < -0.4 is 10.5 Å². The normalized spacial score (nSPS) is 22.0.